The van der Waals surface area contributed by atoms with Gasteiger partial charge in [-0.05, 0) is 36.6 Å². The molecule has 0 spiro atoms. The largest absolute Gasteiger partial charge is 0.389 e. The van der Waals surface area contributed by atoms with Crippen LogP contribution in [0.4, 0.5) is 10.1 Å². The third-order valence-electron chi connectivity index (χ3n) is 4.84. The van der Waals surface area contributed by atoms with Crippen molar-refractivity contribution in [2.75, 3.05) is 25.1 Å². The van der Waals surface area contributed by atoms with E-state index in [-0.39, 0.29) is 23.9 Å². The summed E-state index contributed by atoms with van der Waals surface area (Å²) in [7, 11) is 0. The molecule has 1 heterocycles. The van der Waals surface area contributed by atoms with Crippen LogP contribution in [0.2, 0.25) is 0 Å². The first-order valence-electron chi connectivity index (χ1n) is 8.71. The summed E-state index contributed by atoms with van der Waals surface area (Å²) in [5, 5.41) is 22.1. The Bertz CT molecular complexity index is 759. The molecule has 3 rings (SSSR count). The Morgan fingerprint density at radius 1 is 1.15 bits per heavy atom. The molecule has 2 aromatic rings. The molecule has 0 atom stereocenters. The zero-order chi connectivity index (χ0) is 18.6. The van der Waals surface area contributed by atoms with Crippen LogP contribution in [0.25, 0.3) is 0 Å². The number of amides is 1. The monoisotopic (exact) mass is 358 g/mol. The van der Waals surface area contributed by atoms with Gasteiger partial charge in [-0.1, -0.05) is 30.3 Å². The van der Waals surface area contributed by atoms with Crippen molar-refractivity contribution in [3.8, 4) is 0 Å². The predicted octanol–water partition coefficient (Wildman–Crippen LogP) is 2.40. The zero-order valence-corrected chi connectivity index (χ0v) is 14.5. The number of aliphatic hydroxyl groups excluding tert-OH is 1. The second-order valence-corrected chi connectivity index (χ2v) is 6.71. The second kappa shape index (κ2) is 7.85. The number of hydrogen-bond acceptors (Lipinski definition) is 4. The molecule has 1 aliphatic heterocycles. The van der Waals surface area contributed by atoms with Gasteiger partial charge in [0.05, 0.1) is 11.3 Å². The summed E-state index contributed by atoms with van der Waals surface area (Å²) >= 11 is 0. The first-order chi connectivity index (χ1) is 12.5. The van der Waals surface area contributed by atoms with Gasteiger partial charge in [-0.25, -0.2) is 4.39 Å². The Morgan fingerprint density at radius 2 is 1.85 bits per heavy atom. The minimum absolute atomic E-state index is 0.153. The highest BCUT2D eigenvalue weighted by Crippen LogP contribution is 2.27. The molecule has 0 unspecified atom stereocenters. The van der Waals surface area contributed by atoms with E-state index in [9.17, 15) is 14.3 Å². The fourth-order valence-electron chi connectivity index (χ4n) is 3.34. The van der Waals surface area contributed by atoms with Crippen molar-refractivity contribution in [1.82, 2.24) is 4.90 Å². The number of piperidine rings is 1. The van der Waals surface area contributed by atoms with E-state index in [0.29, 0.717) is 32.4 Å². The Kier molecular flexibility index (Phi) is 5.54. The fraction of sp³-hybridized carbons (Fsp3) is 0.350. The number of carbonyl (C=O) groups excluding carboxylic acids is 1. The molecule has 1 fully saturated rings. The highest BCUT2D eigenvalue weighted by atomic mass is 19.1. The minimum atomic E-state index is -0.821. The van der Waals surface area contributed by atoms with Crippen molar-refractivity contribution in [3.63, 3.8) is 0 Å². The van der Waals surface area contributed by atoms with E-state index in [4.69, 9.17) is 5.11 Å². The van der Waals surface area contributed by atoms with Crippen LogP contribution in [-0.4, -0.2) is 46.4 Å². The van der Waals surface area contributed by atoms with Gasteiger partial charge in [-0.2, -0.15) is 0 Å². The lowest BCUT2D eigenvalue weighted by atomic mass is 9.85. The van der Waals surface area contributed by atoms with Crippen LogP contribution in [0.15, 0.2) is 48.5 Å². The Morgan fingerprint density at radius 3 is 2.46 bits per heavy atom. The van der Waals surface area contributed by atoms with Crippen molar-refractivity contribution in [1.29, 1.82) is 0 Å². The predicted molar refractivity (Wildman–Crippen MR) is 97.3 cm³/mol. The van der Waals surface area contributed by atoms with Gasteiger partial charge in [-0.3, -0.25) is 4.79 Å². The third kappa shape index (κ3) is 4.20. The van der Waals surface area contributed by atoms with Crippen molar-refractivity contribution in [2.24, 2.45) is 0 Å². The van der Waals surface area contributed by atoms with Crippen LogP contribution in [0.5, 0.6) is 0 Å². The van der Waals surface area contributed by atoms with E-state index >= 15 is 0 Å². The van der Waals surface area contributed by atoms with E-state index in [1.54, 1.807) is 4.90 Å². The lowest BCUT2D eigenvalue weighted by Gasteiger charge is -2.38. The summed E-state index contributed by atoms with van der Waals surface area (Å²) in [5.41, 5.74) is 0.668. The van der Waals surface area contributed by atoms with Crippen molar-refractivity contribution in [2.45, 2.75) is 24.9 Å². The van der Waals surface area contributed by atoms with Crippen LogP contribution < -0.4 is 5.32 Å². The number of aliphatic hydroxyl groups is 2. The summed E-state index contributed by atoms with van der Waals surface area (Å²) in [5.74, 6) is -0.830. The standard InChI is InChI=1S/C20H23FN2O3/c21-17-12-16(6-7-18(17)22-14-24)19(25)23-10-8-20(26,9-11-23)13-15-4-2-1-3-5-15/h1-7,12,22,24,26H,8-11,13-14H2. The summed E-state index contributed by atoms with van der Waals surface area (Å²) < 4.78 is 13.9. The molecule has 0 aromatic heterocycles. The quantitative estimate of drug-likeness (QED) is 0.718. The molecule has 0 radical (unpaired) electrons. The van der Waals surface area contributed by atoms with Gasteiger partial charge in [0, 0.05) is 25.1 Å². The van der Waals surface area contributed by atoms with Crippen molar-refractivity contribution < 1.29 is 19.4 Å². The Hall–Kier alpha value is -2.44. The average molecular weight is 358 g/mol. The lowest BCUT2D eigenvalue weighted by molar-refractivity contribution is -0.0162. The third-order valence-corrected chi connectivity index (χ3v) is 4.84. The van der Waals surface area contributed by atoms with Gasteiger partial charge < -0.3 is 20.4 Å². The zero-order valence-electron chi connectivity index (χ0n) is 14.5. The van der Waals surface area contributed by atoms with E-state index in [0.717, 1.165) is 5.56 Å². The number of nitrogens with one attached hydrogen (secondary N) is 1. The highest BCUT2D eigenvalue weighted by Gasteiger charge is 2.34. The molecule has 1 saturated heterocycles. The number of nitrogens with zero attached hydrogens (tertiary/aromatic N) is 1. The molecule has 1 amide bonds. The smallest absolute Gasteiger partial charge is 0.253 e. The van der Waals surface area contributed by atoms with Gasteiger partial charge in [0.2, 0.25) is 0 Å². The van der Waals surface area contributed by atoms with E-state index < -0.39 is 11.4 Å². The maximum absolute atomic E-state index is 13.9. The molecule has 26 heavy (non-hydrogen) atoms. The first-order valence-corrected chi connectivity index (χ1v) is 8.71. The summed E-state index contributed by atoms with van der Waals surface area (Å²) in [6.45, 7) is 0.483. The van der Waals surface area contributed by atoms with Crippen LogP contribution >= 0.6 is 0 Å². The number of likely N-dealkylation sites (tertiary alicyclic amines) is 1. The van der Waals surface area contributed by atoms with E-state index in [1.807, 2.05) is 30.3 Å². The molecule has 0 saturated carbocycles. The maximum atomic E-state index is 13.9. The van der Waals surface area contributed by atoms with Crippen LogP contribution in [0.1, 0.15) is 28.8 Å². The molecule has 5 nitrogen and oxygen atoms in total. The lowest BCUT2D eigenvalue weighted by Crippen LogP contribution is -2.47. The van der Waals surface area contributed by atoms with Gasteiger partial charge in [0.15, 0.2) is 0 Å². The minimum Gasteiger partial charge on any atom is -0.389 e. The van der Waals surface area contributed by atoms with E-state index in [2.05, 4.69) is 5.32 Å². The van der Waals surface area contributed by atoms with Crippen LogP contribution in [-0.2, 0) is 6.42 Å². The van der Waals surface area contributed by atoms with Crippen LogP contribution in [0, 0.1) is 5.82 Å². The van der Waals surface area contributed by atoms with Gasteiger partial charge in [0.25, 0.3) is 5.91 Å². The first kappa shape index (κ1) is 18.4. The summed E-state index contributed by atoms with van der Waals surface area (Å²) in [4.78, 5) is 14.2. The normalized spacial score (nSPS) is 16.3. The molecule has 6 heteroatoms. The summed E-state index contributed by atoms with van der Waals surface area (Å²) in [6.07, 6.45) is 1.53. The number of benzene rings is 2. The Balaban J connectivity index is 1.62. The number of rotatable bonds is 5. The molecule has 2 aromatic carbocycles. The van der Waals surface area contributed by atoms with Crippen molar-refractivity contribution >= 4 is 11.6 Å². The van der Waals surface area contributed by atoms with Gasteiger partial charge in [0.1, 0.15) is 12.5 Å². The fourth-order valence-corrected chi connectivity index (χ4v) is 3.34. The Labute approximate surface area is 152 Å². The molecule has 138 valence electrons. The maximum Gasteiger partial charge on any atom is 0.253 e. The number of carbonyl (C=O) groups is 1. The van der Waals surface area contributed by atoms with E-state index in [1.165, 1.54) is 18.2 Å². The number of hydrogen-bond donors (Lipinski definition) is 3. The number of anilines is 1. The molecule has 0 aliphatic carbocycles. The van der Waals surface area contributed by atoms with Gasteiger partial charge >= 0.3 is 0 Å². The number of halogens is 1. The summed E-state index contributed by atoms with van der Waals surface area (Å²) in [6, 6.07) is 14.0. The highest BCUT2D eigenvalue weighted by molar-refractivity contribution is 5.94. The molecule has 3 N–H and O–H groups in total. The topological polar surface area (TPSA) is 72.8 Å². The molecule has 1 aliphatic rings. The average Bonchev–Trinajstić information content (AvgIpc) is 2.64. The second-order valence-electron chi connectivity index (χ2n) is 6.71. The van der Waals surface area contributed by atoms with Crippen molar-refractivity contribution in [3.05, 3.63) is 65.5 Å². The molecular formula is C20H23FN2O3. The molecular weight excluding hydrogens is 335 g/mol. The molecule has 0 bridgehead atoms. The SMILES string of the molecule is O=C(c1ccc(NCO)c(F)c1)N1CCC(O)(Cc2ccccc2)CC1. The van der Waals surface area contributed by atoms with Gasteiger partial charge in [-0.15, -0.1) is 0 Å². The van der Waals surface area contributed by atoms with Crippen LogP contribution in [0.3, 0.4) is 0 Å².